The molecule has 0 spiro atoms. The Balaban J connectivity index is 1.55. The van der Waals surface area contributed by atoms with Crippen LogP contribution in [0.15, 0.2) is 59.8 Å². The number of hydrogen-bond acceptors (Lipinski definition) is 4. The summed E-state index contributed by atoms with van der Waals surface area (Å²) in [5, 5.41) is 0.956. The number of H-pyrrole nitrogens is 1. The Morgan fingerprint density at radius 1 is 1.11 bits per heavy atom. The minimum atomic E-state index is -0.0391. The van der Waals surface area contributed by atoms with Gasteiger partial charge in [-0.05, 0) is 31.0 Å². The molecule has 27 heavy (non-hydrogen) atoms. The molecule has 0 unspecified atom stereocenters. The van der Waals surface area contributed by atoms with Crippen molar-refractivity contribution in [3.8, 4) is 0 Å². The van der Waals surface area contributed by atoms with Gasteiger partial charge in [-0.25, -0.2) is 9.97 Å². The van der Waals surface area contributed by atoms with E-state index in [2.05, 4.69) is 44.1 Å². The van der Waals surface area contributed by atoms with Gasteiger partial charge in [0.05, 0.1) is 24.0 Å². The first-order valence-electron chi connectivity index (χ1n) is 9.39. The second-order valence-corrected chi connectivity index (χ2v) is 7.22. The summed E-state index contributed by atoms with van der Waals surface area (Å²) in [5.74, 6) is 0. The van der Waals surface area contributed by atoms with Crippen molar-refractivity contribution in [3.05, 3.63) is 70.9 Å². The molecule has 5 rings (SSSR count). The van der Waals surface area contributed by atoms with Crippen molar-refractivity contribution < 1.29 is 0 Å². The van der Waals surface area contributed by atoms with Gasteiger partial charge in [-0.3, -0.25) is 9.69 Å². The molecule has 1 atom stereocenters. The van der Waals surface area contributed by atoms with E-state index in [9.17, 15) is 4.79 Å². The summed E-state index contributed by atoms with van der Waals surface area (Å²) in [4.78, 5) is 27.1. The Kier molecular flexibility index (Phi) is 3.98. The molecule has 6 heteroatoms. The third-order valence-electron chi connectivity index (χ3n) is 5.43. The number of benzene rings is 1. The van der Waals surface area contributed by atoms with Crippen molar-refractivity contribution in [1.29, 1.82) is 0 Å². The lowest BCUT2D eigenvalue weighted by Crippen LogP contribution is -2.39. The second-order valence-electron chi connectivity index (χ2n) is 7.22. The van der Waals surface area contributed by atoms with Crippen LogP contribution in [0.5, 0.6) is 0 Å². The Morgan fingerprint density at radius 2 is 2.00 bits per heavy atom. The Bertz CT molecular complexity index is 1150. The maximum absolute atomic E-state index is 12.8. The fourth-order valence-corrected chi connectivity index (χ4v) is 4.22. The molecule has 0 aliphatic carbocycles. The number of likely N-dealkylation sites (tertiary alicyclic amines) is 1. The molecule has 4 heterocycles. The molecule has 0 amide bonds. The number of aromatic amines is 1. The summed E-state index contributed by atoms with van der Waals surface area (Å²) >= 11 is 0. The molecule has 0 radical (unpaired) electrons. The van der Waals surface area contributed by atoms with Crippen molar-refractivity contribution in [2.75, 3.05) is 13.1 Å². The Morgan fingerprint density at radius 3 is 2.89 bits per heavy atom. The zero-order valence-corrected chi connectivity index (χ0v) is 15.0. The van der Waals surface area contributed by atoms with Gasteiger partial charge in [0, 0.05) is 24.7 Å². The molecule has 0 bridgehead atoms. The Labute approximate surface area is 156 Å². The van der Waals surface area contributed by atoms with Gasteiger partial charge in [-0.15, -0.1) is 0 Å². The number of rotatable bonds is 3. The average Bonchev–Trinajstić information content (AvgIpc) is 3.18. The van der Waals surface area contributed by atoms with Crippen molar-refractivity contribution in [2.24, 2.45) is 0 Å². The molecule has 4 aromatic rings. The summed E-state index contributed by atoms with van der Waals surface area (Å²) in [7, 11) is 0. The number of piperidine rings is 1. The first kappa shape index (κ1) is 16.2. The minimum absolute atomic E-state index is 0.0391. The number of nitrogens with one attached hydrogen (secondary N) is 1. The van der Waals surface area contributed by atoms with E-state index < -0.39 is 0 Å². The van der Waals surface area contributed by atoms with Crippen LogP contribution < -0.4 is 5.56 Å². The van der Waals surface area contributed by atoms with E-state index in [4.69, 9.17) is 0 Å². The lowest BCUT2D eigenvalue weighted by Gasteiger charge is -2.34. The lowest BCUT2D eigenvalue weighted by atomic mass is 10.0. The molecular weight excluding hydrogens is 338 g/mol. The van der Waals surface area contributed by atoms with Gasteiger partial charge in [0.1, 0.15) is 11.2 Å². The highest BCUT2D eigenvalue weighted by Gasteiger charge is 2.24. The van der Waals surface area contributed by atoms with Crippen molar-refractivity contribution in [1.82, 2.24) is 24.4 Å². The molecular formula is C21H21N5O. The normalized spacial score (nSPS) is 18.3. The van der Waals surface area contributed by atoms with E-state index in [1.165, 1.54) is 11.8 Å². The van der Waals surface area contributed by atoms with Crippen LogP contribution in [0.3, 0.4) is 0 Å². The van der Waals surface area contributed by atoms with E-state index in [-0.39, 0.29) is 11.6 Å². The Hall–Kier alpha value is -2.99. The number of pyridine rings is 1. The summed E-state index contributed by atoms with van der Waals surface area (Å²) < 4.78 is 1.94. The molecule has 1 saturated heterocycles. The SMILES string of the molecule is O=c1cnc2cnc3[nH]ccc3c2n1[C@@H]1CCCN(Cc2ccccc2)C1. The summed E-state index contributed by atoms with van der Waals surface area (Å²) in [6.07, 6.45) is 7.11. The predicted molar refractivity (Wildman–Crippen MR) is 106 cm³/mol. The molecule has 1 fully saturated rings. The molecule has 1 aromatic carbocycles. The molecule has 1 aliphatic rings. The lowest BCUT2D eigenvalue weighted by molar-refractivity contribution is 0.170. The van der Waals surface area contributed by atoms with Crippen LogP contribution in [-0.2, 0) is 6.54 Å². The van der Waals surface area contributed by atoms with E-state index in [0.717, 1.165) is 54.5 Å². The summed E-state index contributed by atoms with van der Waals surface area (Å²) in [5.41, 5.74) is 3.72. The number of nitrogens with zero attached hydrogens (tertiary/aromatic N) is 4. The predicted octanol–water partition coefficient (Wildman–Crippen LogP) is 3.11. The van der Waals surface area contributed by atoms with Crippen LogP contribution >= 0.6 is 0 Å². The maximum Gasteiger partial charge on any atom is 0.269 e. The third kappa shape index (κ3) is 2.92. The minimum Gasteiger partial charge on any atom is -0.346 e. The van der Waals surface area contributed by atoms with Gasteiger partial charge in [0.25, 0.3) is 5.56 Å². The second kappa shape index (κ2) is 6.63. The van der Waals surface area contributed by atoms with Crippen LogP contribution in [0.4, 0.5) is 0 Å². The van der Waals surface area contributed by atoms with Crippen molar-refractivity contribution in [3.63, 3.8) is 0 Å². The molecule has 3 aromatic heterocycles. The topological polar surface area (TPSA) is 66.8 Å². The number of aromatic nitrogens is 4. The molecule has 1 aliphatic heterocycles. The van der Waals surface area contributed by atoms with Gasteiger partial charge in [-0.2, -0.15) is 0 Å². The largest absolute Gasteiger partial charge is 0.346 e. The molecule has 136 valence electrons. The monoisotopic (exact) mass is 359 g/mol. The molecule has 6 nitrogen and oxygen atoms in total. The van der Waals surface area contributed by atoms with Gasteiger partial charge in [0.15, 0.2) is 0 Å². The van der Waals surface area contributed by atoms with Gasteiger partial charge in [-0.1, -0.05) is 30.3 Å². The highest BCUT2D eigenvalue weighted by atomic mass is 16.1. The smallest absolute Gasteiger partial charge is 0.269 e. The van der Waals surface area contributed by atoms with Crippen molar-refractivity contribution in [2.45, 2.75) is 25.4 Å². The van der Waals surface area contributed by atoms with E-state index in [1.54, 1.807) is 6.20 Å². The van der Waals surface area contributed by atoms with Crippen LogP contribution in [0.1, 0.15) is 24.4 Å². The summed E-state index contributed by atoms with van der Waals surface area (Å²) in [6.45, 7) is 2.84. The van der Waals surface area contributed by atoms with Gasteiger partial charge >= 0.3 is 0 Å². The van der Waals surface area contributed by atoms with E-state index in [0.29, 0.717) is 0 Å². The quantitative estimate of drug-likeness (QED) is 0.610. The van der Waals surface area contributed by atoms with E-state index in [1.807, 2.05) is 22.9 Å². The zero-order chi connectivity index (χ0) is 18.2. The third-order valence-corrected chi connectivity index (χ3v) is 5.43. The van der Waals surface area contributed by atoms with Gasteiger partial charge in [0.2, 0.25) is 0 Å². The highest BCUT2D eigenvalue weighted by Crippen LogP contribution is 2.27. The van der Waals surface area contributed by atoms with Gasteiger partial charge < -0.3 is 9.55 Å². The fraction of sp³-hybridized carbons (Fsp3) is 0.286. The number of hydrogen-bond donors (Lipinski definition) is 1. The van der Waals surface area contributed by atoms with Crippen LogP contribution in [0, 0.1) is 0 Å². The first-order valence-corrected chi connectivity index (χ1v) is 9.39. The highest BCUT2D eigenvalue weighted by molar-refractivity contribution is 6.00. The maximum atomic E-state index is 12.8. The fourth-order valence-electron chi connectivity index (χ4n) is 4.22. The standard InChI is InChI=1S/C21H21N5O/c27-19-12-23-18-11-24-21-17(8-9-22-21)20(18)26(19)16-7-4-10-25(14-16)13-15-5-2-1-3-6-15/h1-3,5-6,8-9,11-12,16H,4,7,10,13-14H2,(H,22,24)/t16-/m1/s1. The molecule has 1 N–H and O–H groups in total. The summed E-state index contributed by atoms with van der Waals surface area (Å²) in [6, 6.07) is 12.6. The van der Waals surface area contributed by atoms with E-state index >= 15 is 0 Å². The van der Waals surface area contributed by atoms with Crippen LogP contribution in [-0.4, -0.2) is 37.5 Å². The molecule has 0 saturated carbocycles. The average molecular weight is 359 g/mol. The number of fused-ring (bicyclic) bond motifs is 3. The van der Waals surface area contributed by atoms with Crippen LogP contribution in [0.2, 0.25) is 0 Å². The van der Waals surface area contributed by atoms with Crippen molar-refractivity contribution >= 4 is 22.1 Å². The van der Waals surface area contributed by atoms with Crippen LogP contribution in [0.25, 0.3) is 22.1 Å². The first-order chi connectivity index (χ1) is 13.3. The zero-order valence-electron chi connectivity index (χ0n) is 15.0.